The van der Waals surface area contributed by atoms with Gasteiger partial charge in [-0.15, -0.1) is 0 Å². The number of ether oxygens (including phenoxy) is 5. The van der Waals surface area contributed by atoms with E-state index in [4.69, 9.17) is 23.7 Å². The molecule has 0 spiro atoms. The third-order valence-corrected chi connectivity index (χ3v) is 8.24. The minimum Gasteiger partial charge on any atom is -0.497 e. The van der Waals surface area contributed by atoms with Crippen LogP contribution in [-0.4, -0.2) is 43.5 Å². The fourth-order valence-corrected chi connectivity index (χ4v) is 6.01. The molecular weight excluding hydrogens is 562 g/mol. The highest BCUT2D eigenvalue weighted by Gasteiger charge is 2.47. The predicted octanol–water partition coefficient (Wildman–Crippen LogP) is 7.58. The number of nitrogens with zero attached hydrogens (tertiary/aromatic N) is 3. The van der Waals surface area contributed by atoms with Crippen LogP contribution in [0.1, 0.15) is 16.7 Å². The summed E-state index contributed by atoms with van der Waals surface area (Å²) in [4.78, 5) is 4.20. The van der Waals surface area contributed by atoms with Gasteiger partial charge in [0.1, 0.15) is 29.4 Å². The third kappa shape index (κ3) is 8.84. The van der Waals surface area contributed by atoms with Gasteiger partial charge in [-0.3, -0.25) is 0 Å². The standard InChI is InChI=1S/C34H35N3O5S/c1-38-28-19-17-27(18-20-28)23-40-32-30(24-39-21-25-11-5-2-6-12-25)42-34(43-29-15-9-4-10-16-29)31(36-37-35)33(32)41-22-26-13-7-3-8-14-26/h2-20,30-34H,21-24H2,1H3/t30-,31-,32-,33-,34+/m1/s1. The van der Waals surface area contributed by atoms with Gasteiger partial charge < -0.3 is 23.7 Å². The Bertz CT molecular complexity index is 1420. The van der Waals surface area contributed by atoms with Crippen molar-refractivity contribution in [3.8, 4) is 5.75 Å². The molecule has 1 saturated heterocycles. The van der Waals surface area contributed by atoms with Gasteiger partial charge >= 0.3 is 0 Å². The third-order valence-electron chi connectivity index (χ3n) is 7.08. The molecule has 1 heterocycles. The molecule has 0 amide bonds. The Labute approximate surface area is 256 Å². The summed E-state index contributed by atoms with van der Waals surface area (Å²) in [6.45, 7) is 1.32. The van der Waals surface area contributed by atoms with Crippen molar-refractivity contribution in [2.24, 2.45) is 5.11 Å². The second-order valence-corrected chi connectivity index (χ2v) is 11.2. The first-order chi connectivity index (χ1) is 21.2. The molecule has 0 radical (unpaired) electrons. The van der Waals surface area contributed by atoms with Gasteiger partial charge in [-0.1, -0.05) is 108 Å². The van der Waals surface area contributed by atoms with Crippen molar-refractivity contribution in [1.82, 2.24) is 0 Å². The van der Waals surface area contributed by atoms with E-state index < -0.39 is 29.8 Å². The van der Waals surface area contributed by atoms with Crippen LogP contribution >= 0.6 is 11.8 Å². The van der Waals surface area contributed by atoms with Crippen LogP contribution in [0.4, 0.5) is 0 Å². The van der Waals surface area contributed by atoms with E-state index in [-0.39, 0.29) is 6.61 Å². The van der Waals surface area contributed by atoms with Crippen molar-refractivity contribution in [3.63, 3.8) is 0 Å². The summed E-state index contributed by atoms with van der Waals surface area (Å²) in [5, 5.41) is 4.22. The van der Waals surface area contributed by atoms with Crippen LogP contribution in [0.3, 0.4) is 0 Å². The van der Waals surface area contributed by atoms with E-state index in [0.717, 1.165) is 27.3 Å². The maximum atomic E-state index is 9.64. The first kappa shape index (κ1) is 30.6. The fourth-order valence-electron chi connectivity index (χ4n) is 4.88. The van der Waals surface area contributed by atoms with E-state index in [0.29, 0.717) is 19.8 Å². The monoisotopic (exact) mass is 597 g/mol. The summed E-state index contributed by atoms with van der Waals surface area (Å²) in [6, 6.07) is 36.9. The Morgan fingerprint density at radius 3 is 1.88 bits per heavy atom. The maximum absolute atomic E-state index is 9.64. The first-order valence-corrected chi connectivity index (χ1v) is 15.0. The van der Waals surface area contributed by atoms with Crippen LogP contribution in [0.5, 0.6) is 5.75 Å². The van der Waals surface area contributed by atoms with Gasteiger partial charge in [-0.25, -0.2) is 0 Å². The van der Waals surface area contributed by atoms with Crippen LogP contribution in [0.2, 0.25) is 0 Å². The molecule has 5 rings (SSSR count). The molecule has 4 aromatic rings. The lowest BCUT2D eigenvalue weighted by Crippen LogP contribution is -2.58. The highest BCUT2D eigenvalue weighted by molar-refractivity contribution is 7.99. The van der Waals surface area contributed by atoms with Gasteiger partial charge in [0, 0.05) is 9.81 Å². The number of rotatable bonds is 14. The molecule has 0 unspecified atom stereocenters. The van der Waals surface area contributed by atoms with Gasteiger partial charge in [0.05, 0.1) is 39.6 Å². The van der Waals surface area contributed by atoms with Crippen LogP contribution in [0.15, 0.2) is 125 Å². The molecule has 4 aromatic carbocycles. The minimum atomic E-state index is -0.662. The van der Waals surface area contributed by atoms with Crippen LogP contribution < -0.4 is 4.74 Å². The largest absolute Gasteiger partial charge is 0.497 e. The smallest absolute Gasteiger partial charge is 0.119 e. The van der Waals surface area contributed by atoms with Crippen LogP contribution in [0.25, 0.3) is 10.4 Å². The molecule has 1 aliphatic heterocycles. The molecule has 9 heteroatoms. The van der Waals surface area contributed by atoms with Crippen molar-refractivity contribution < 1.29 is 23.7 Å². The fraction of sp³-hybridized carbons (Fsp3) is 0.294. The van der Waals surface area contributed by atoms with E-state index in [1.165, 1.54) is 11.8 Å². The molecule has 8 nitrogen and oxygen atoms in total. The lowest BCUT2D eigenvalue weighted by atomic mass is 9.97. The maximum Gasteiger partial charge on any atom is 0.119 e. The number of azide groups is 1. The molecule has 1 fully saturated rings. The van der Waals surface area contributed by atoms with Gasteiger partial charge in [0.15, 0.2) is 0 Å². The number of methoxy groups -OCH3 is 1. The lowest BCUT2D eigenvalue weighted by molar-refractivity contribution is -0.211. The first-order valence-electron chi connectivity index (χ1n) is 14.2. The Balaban J connectivity index is 1.43. The van der Waals surface area contributed by atoms with Gasteiger partial charge in [0.25, 0.3) is 0 Å². The van der Waals surface area contributed by atoms with Gasteiger partial charge in [-0.05, 0) is 46.5 Å². The van der Waals surface area contributed by atoms with Crippen molar-refractivity contribution >= 4 is 11.8 Å². The molecule has 0 saturated carbocycles. The molecule has 0 aromatic heterocycles. The Kier molecular flexibility index (Phi) is 11.5. The summed E-state index contributed by atoms with van der Waals surface area (Å²) in [5.74, 6) is 0.769. The van der Waals surface area contributed by atoms with E-state index in [1.807, 2.05) is 115 Å². The Morgan fingerprint density at radius 2 is 1.28 bits per heavy atom. The summed E-state index contributed by atoms with van der Waals surface area (Å²) in [6.07, 6.45) is -1.67. The quantitative estimate of drug-likeness (QED) is 0.0845. The lowest BCUT2D eigenvalue weighted by Gasteiger charge is -2.44. The second-order valence-electron chi connectivity index (χ2n) is 10.1. The molecule has 1 aliphatic rings. The average Bonchev–Trinajstić information content (AvgIpc) is 3.06. The van der Waals surface area contributed by atoms with Crippen molar-refractivity contribution in [2.45, 2.75) is 54.5 Å². The molecule has 222 valence electrons. The molecule has 0 N–H and O–H groups in total. The van der Waals surface area contributed by atoms with E-state index in [9.17, 15) is 5.53 Å². The topological polar surface area (TPSA) is 94.9 Å². The zero-order chi connectivity index (χ0) is 29.7. The Morgan fingerprint density at radius 1 is 0.721 bits per heavy atom. The SMILES string of the molecule is COc1ccc(CO[C@H]2[C@H](OCc3ccccc3)[C@@H](N=[N+]=[N-])[C@H](Sc3ccccc3)O[C@@H]2COCc2ccccc2)cc1. The number of thioether (sulfide) groups is 1. The zero-order valence-corrected chi connectivity index (χ0v) is 24.8. The Hall–Kier alpha value is -3.82. The second kappa shape index (κ2) is 16.1. The summed E-state index contributed by atoms with van der Waals surface area (Å²) in [7, 11) is 1.64. The normalized spacial score (nSPS) is 21.6. The molecule has 0 aliphatic carbocycles. The predicted molar refractivity (Wildman–Crippen MR) is 167 cm³/mol. The van der Waals surface area contributed by atoms with Crippen molar-refractivity contribution in [3.05, 3.63) is 142 Å². The highest BCUT2D eigenvalue weighted by Crippen LogP contribution is 2.38. The number of benzene rings is 4. The summed E-state index contributed by atoms with van der Waals surface area (Å²) in [5.41, 5.74) is 12.2. The molecular formula is C34H35N3O5S. The number of hydrogen-bond donors (Lipinski definition) is 0. The van der Waals surface area contributed by atoms with E-state index in [1.54, 1.807) is 7.11 Å². The van der Waals surface area contributed by atoms with Crippen LogP contribution in [0, 0.1) is 0 Å². The van der Waals surface area contributed by atoms with Gasteiger partial charge in [-0.2, -0.15) is 0 Å². The van der Waals surface area contributed by atoms with Crippen molar-refractivity contribution in [2.75, 3.05) is 13.7 Å². The minimum absolute atomic E-state index is 0.266. The highest BCUT2D eigenvalue weighted by atomic mass is 32.2. The number of hydrogen-bond acceptors (Lipinski definition) is 7. The van der Waals surface area contributed by atoms with Crippen LogP contribution in [-0.2, 0) is 38.8 Å². The average molecular weight is 598 g/mol. The van der Waals surface area contributed by atoms with E-state index >= 15 is 0 Å². The molecule has 0 bridgehead atoms. The summed E-state index contributed by atoms with van der Waals surface area (Å²) >= 11 is 1.50. The molecule has 43 heavy (non-hydrogen) atoms. The molecule has 5 atom stereocenters. The van der Waals surface area contributed by atoms with Gasteiger partial charge in [0.2, 0.25) is 0 Å². The summed E-state index contributed by atoms with van der Waals surface area (Å²) < 4.78 is 31.3. The zero-order valence-electron chi connectivity index (χ0n) is 24.0. The van der Waals surface area contributed by atoms with Crippen molar-refractivity contribution in [1.29, 1.82) is 0 Å². The van der Waals surface area contributed by atoms with E-state index in [2.05, 4.69) is 10.0 Å².